The second-order valence-electron chi connectivity index (χ2n) is 3.92. The van der Waals surface area contributed by atoms with Crippen molar-refractivity contribution in [3.8, 4) is 5.75 Å². The van der Waals surface area contributed by atoms with Crippen molar-refractivity contribution in [1.82, 2.24) is 0 Å². The Bertz CT molecular complexity index is 402. The van der Waals surface area contributed by atoms with Gasteiger partial charge in [-0.15, -0.1) is 0 Å². The van der Waals surface area contributed by atoms with Gasteiger partial charge in [0, 0.05) is 6.42 Å². The highest BCUT2D eigenvalue weighted by atomic mass is 16.5. The zero-order chi connectivity index (χ0) is 12.8. The molecule has 1 aromatic rings. The molecular weight excluding hydrogens is 218 g/mol. The number of aryl methyl sites for hydroxylation is 2. The monoisotopic (exact) mass is 237 g/mol. The summed E-state index contributed by atoms with van der Waals surface area (Å²) in [5, 5.41) is 0. The van der Waals surface area contributed by atoms with Crippen LogP contribution in [0.2, 0.25) is 0 Å². The predicted octanol–water partition coefficient (Wildman–Crippen LogP) is 1.36. The summed E-state index contributed by atoms with van der Waals surface area (Å²) in [6, 6.07) is 4.06. The maximum atomic E-state index is 10.9. The van der Waals surface area contributed by atoms with Crippen molar-refractivity contribution in [3.63, 3.8) is 0 Å². The molecule has 0 amide bonds. The van der Waals surface area contributed by atoms with E-state index in [0.717, 1.165) is 22.4 Å². The second kappa shape index (κ2) is 6.25. The minimum Gasteiger partial charge on any atom is -0.496 e. The molecule has 4 heteroatoms. The standard InChI is InChI=1S/C13H19NO3/c1-9-7-12(16-3)10(2)6-11(9)4-5-17-13(15)8-14/h6-7H,4-5,8,14H2,1-3H3. The van der Waals surface area contributed by atoms with Gasteiger partial charge in [-0.2, -0.15) is 0 Å². The van der Waals surface area contributed by atoms with Gasteiger partial charge in [-0.1, -0.05) is 6.07 Å². The summed E-state index contributed by atoms with van der Waals surface area (Å²) >= 11 is 0. The average Bonchev–Trinajstić information content (AvgIpc) is 2.32. The number of ether oxygens (including phenoxy) is 2. The van der Waals surface area contributed by atoms with Gasteiger partial charge >= 0.3 is 5.97 Å². The van der Waals surface area contributed by atoms with Gasteiger partial charge in [0.15, 0.2) is 0 Å². The van der Waals surface area contributed by atoms with Crippen LogP contribution in [-0.2, 0) is 16.0 Å². The highest BCUT2D eigenvalue weighted by molar-refractivity contribution is 5.71. The van der Waals surface area contributed by atoms with E-state index in [1.165, 1.54) is 0 Å². The van der Waals surface area contributed by atoms with Crippen LogP contribution in [0.1, 0.15) is 16.7 Å². The maximum Gasteiger partial charge on any atom is 0.319 e. The van der Waals surface area contributed by atoms with Crippen LogP contribution in [-0.4, -0.2) is 26.2 Å². The van der Waals surface area contributed by atoms with E-state index < -0.39 is 0 Å². The first-order chi connectivity index (χ1) is 8.08. The lowest BCUT2D eigenvalue weighted by Crippen LogP contribution is -2.18. The van der Waals surface area contributed by atoms with E-state index in [0.29, 0.717) is 13.0 Å². The molecule has 0 fully saturated rings. The molecule has 0 unspecified atom stereocenters. The number of nitrogens with two attached hydrogens (primary N) is 1. The first-order valence-corrected chi connectivity index (χ1v) is 5.58. The largest absolute Gasteiger partial charge is 0.496 e. The Morgan fingerprint density at radius 1 is 1.29 bits per heavy atom. The molecular formula is C13H19NO3. The molecule has 0 bridgehead atoms. The molecule has 0 saturated heterocycles. The maximum absolute atomic E-state index is 10.9. The Kier molecular flexibility index (Phi) is 4.97. The van der Waals surface area contributed by atoms with Crippen LogP contribution in [0.15, 0.2) is 12.1 Å². The highest BCUT2D eigenvalue weighted by Gasteiger charge is 2.06. The molecule has 0 aromatic heterocycles. The van der Waals surface area contributed by atoms with Gasteiger partial charge in [-0.3, -0.25) is 4.79 Å². The van der Waals surface area contributed by atoms with Crippen molar-refractivity contribution in [1.29, 1.82) is 0 Å². The lowest BCUT2D eigenvalue weighted by atomic mass is 10.0. The van der Waals surface area contributed by atoms with E-state index in [-0.39, 0.29) is 12.5 Å². The van der Waals surface area contributed by atoms with E-state index in [9.17, 15) is 4.79 Å². The Morgan fingerprint density at radius 3 is 2.59 bits per heavy atom. The van der Waals surface area contributed by atoms with Crippen LogP contribution in [0, 0.1) is 13.8 Å². The highest BCUT2D eigenvalue weighted by Crippen LogP contribution is 2.22. The van der Waals surface area contributed by atoms with Gasteiger partial charge in [0.05, 0.1) is 20.3 Å². The van der Waals surface area contributed by atoms with E-state index in [2.05, 4.69) is 6.07 Å². The molecule has 0 spiro atoms. The number of carbonyl (C=O) groups is 1. The summed E-state index contributed by atoms with van der Waals surface area (Å²) in [5.74, 6) is 0.512. The molecule has 94 valence electrons. The van der Waals surface area contributed by atoms with E-state index >= 15 is 0 Å². The van der Waals surface area contributed by atoms with Crippen molar-refractivity contribution in [2.75, 3.05) is 20.3 Å². The Morgan fingerprint density at radius 2 is 2.00 bits per heavy atom. The molecule has 1 rings (SSSR count). The third-order valence-electron chi connectivity index (χ3n) is 2.65. The van der Waals surface area contributed by atoms with Crippen LogP contribution >= 0.6 is 0 Å². The van der Waals surface area contributed by atoms with Crippen molar-refractivity contribution < 1.29 is 14.3 Å². The number of hydrogen-bond acceptors (Lipinski definition) is 4. The lowest BCUT2D eigenvalue weighted by molar-refractivity contribution is -0.141. The smallest absolute Gasteiger partial charge is 0.319 e. The molecule has 0 aliphatic rings. The first kappa shape index (κ1) is 13.5. The van der Waals surface area contributed by atoms with Gasteiger partial charge in [0.25, 0.3) is 0 Å². The van der Waals surface area contributed by atoms with E-state index in [1.54, 1.807) is 7.11 Å². The summed E-state index contributed by atoms with van der Waals surface area (Å²) in [5.41, 5.74) is 8.53. The van der Waals surface area contributed by atoms with Crippen molar-refractivity contribution in [2.24, 2.45) is 5.73 Å². The summed E-state index contributed by atoms with van der Waals surface area (Å²) in [7, 11) is 1.66. The molecule has 0 aliphatic heterocycles. The molecule has 17 heavy (non-hydrogen) atoms. The van der Waals surface area contributed by atoms with Crippen LogP contribution < -0.4 is 10.5 Å². The fourth-order valence-corrected chi connectivity index (χ4v) is 1.67. The molecule has 0 radical (unpaired) electrons. The van der Waals surface area contributed by atoms with Crippen molar-refractivity contribution in [3.05, 3.63) is 28.8 Å². The topological polar surface area (TPSA) is 61.5 Å². The number of methoxy groups -OCH3 is 1. The summed E-state index contributed by atoms with van der Waals surface area (Å²) < 4.78 is 10.2. The van der Waals surface area contributed by atoms with Gasteiger partial charge in [0.1, 0.15) is 5.75 Å². The van der Waals surface area contributed by atoms with Gasteiger partial charge in [0.2, 0.25) is 0 Å². The molecule has 0 aliphatic carbocycles. The van der Waals surface area contributed by atoms with Crippen LogP contribution in [0.4, 0.5) is 0 Å². The fraction of sp³-hybridized carbons (Fsp3) is 0.462. The lowest BCUT2D eigenvalue weighted by Gasteiger charge is -2.11. The molecule has 0 atom stereocenters. The van der Waals surface area contributed by atoms with Crippen molar-refractivity contribution >= 4 is 5.97 Å². The SMILES string of the molecule is COc1cc(C)c(CCOC(=O)CN)cc1C. The normalized spacial score (nSPS) is 10.1. The average molecular weight is 237 g/mol. The number of benzene rings is 1. The minimum absolute atomic E-state index is 0.0688. The second-order valence-corrected chi connectivity index (χ2v) is 3.92. The van der Waals surface area contributed by atoms with E-state index in [1.807, 2.05) is 19.9 Å². The van der Waals surface area contributed by atoms with Crippen LogP contribution in [0.3, 0.4) is 0 Å². The summed E-state index contributed by atoms with van der Waals surface area (Å²) in [6.45, 7) is 4.30. The molecule has 0 heterocycles. The van der Waals surface area contributed by atoms with Crippen LogP contribution in [0.5, 0.6) is 5.75 Å². The number of esters is 1. The minimum atomic E-state index is -0.368. The molecule has 1 aromatic carbocycles. The zero-order valence-electron chi connectivity index (χ0n) is 10.6. The number of rotatable bonds is 5. The Balaban J connectivity index is 2.65. The number of carbonyl (C=O) groups excluding carboxylic acids is 1. The van der Waals surface area contributed by atoms with Gasteiger partial charge in [-0.05, 0) is 36.6 Å². The first-order valence-electron chi connectivity index (χ1n) is 5.58. The van der Waals surface area contributed by atoms with Gasteiger partial charge in [-0.25, -0.2) is 0 Å². The summed E-state index contributed by atoms with van der Waals surface area (Å²) in [6.07, 6.45) is 0.697. The third kappa shape index (κ3) is 3.75. The summed E-state index contributed by atoms with van der Waals surface area (Å²) in [4.78, 5) is 10.9. The molecule has 0 saturated carbocycles. The molecule has 2 N–H and O–H groups in total. The van der Waals surface area contributed by atoms with Gasteiger partial charge < -0.3 is 15.2 Å². The quantitative estimate of drug-likeness (QED) is 0.785. The zero-order valence-corrected chi connectivity index (χ0v) is 10.6. The Hall–Kier alpha value is -1.55. The number of hydrogen-bond donors (Lipinski definition) is 1. The fourth-order valence-electron chi connectivity index (χ4n) is 1.67. The van der Waals surface area contributed by atoms with Crippen LogP contribution in [0.25, 0.3) is 0 Å². The van der Waals surface area contributed by atoms with E-state index in [4.69, 9.17) is 15.2 Å². The van der Waals surface area contributed by atoms with Crippen molar-refractivity contribution in [2.45, 2.75) is 20.3 Å². The predicted molar refractivity (Wildman–Crippen MR) is 66.2 cm³/mol. The molecule has 4 nitrogen and oxygen atoms in total. The third-order valence-corrected chi connectivity index (χ3v) is 2.65. The Labute approximate surface area is 102 Å².